The highest BCUT2D eigenvalue weighted by Gasteiger charge is 2.25. The summed E-state index contributed by atoms with van der Waals surface area (Å²) in [5, 5.41) is 8.72. The fraction of sp³-hybridized carbons (Fsp3) is 0.286. The third-order valence-corrected chi connectivity index (χ3v) is 4.28. The minimum Gasteiger partial charge on any atom is -0.492 e. The van der Waals surface area contributed by atoms with E-state index in [1.807, 2.05) is 31.2 Å². The topological polar surface area (TPSA) is 74.2 Å². The van der Waals surface area contributed by atoms with Crippen molar-refractivity contribution < 1.29 is 28.8 Å². The largest absolute Gasteiger partial charge is 0.492 e. The first-order valence-corrected chi connectivity index (χ1v) is 8.32. The molecule has 0 aliphatic heterocycles. The Labute approximate surface area is 158 Å². The summed E-state index contributed by atoms with van der Waals surface area (Å²) in [4.78, 5) is 10.6. The Morgan fingerprint density at radius 3 is 1.89 bits per heavy atom. The van der Waals surface area contributed by atoms with Crippen LogP contribution in [-0.2, 0) is 11.2 Å². The van der Waals surface area contributed by atoms with Crippen molar-refractivity contribution in [3.63, 3.8) is 0 Å². The summed E-state index contributed by atoms with van der Waals surface area (Å²) in [5.74, 6) is 1.20. The van der Waals surface area contributed by atoms with Gasteiger partial charge in [0.05, 0.1) is 28.4 Å². The van der Waals surface area contributed by atoms with E-state index in [0.29, 0.717) is 29.4 Å². The average molecular weight is 372 g/mol. The summed E-state index contributed by atoms with van der Waals surface area (Å²) in [7, 11) is 6.29. The van der Waals surface area contributed by atoms with E-state index in [-0.39, 0.29) is 0 Å². The molecule has 0 unspecified atom stereocenters. The number of benzene rings is 2. The molecule has 6 nitrogen and oxygen atoms in total. The summed E-state index contributed by atoms with van der Waals surface area (Å²) >= 11 is 0. The minimum atomic E-state index is -0.975. The van der Waals surface area contributed by atoms with Crippen molar-refractivity contribution >= 4 is 12.0 Å². The molecule has 144 valence electrons. The van der Waals surface area contributed by atoms with Crippen LogP contribution in [0, 0.1) is 6.92 Å². The highest BCUT2D eigenvalue weighted by atomic mass is 16.5. The number of methoxy groups -OCH3 is 4. The van der Waals surface area contributed by atoms with Gasteiger partial charge in [-0.3, -0.25) is 0 Å². The monoisotopic (exact) mass is 372 g/mol. The number of aliphatic carboxylic acids is 1. The van der Waals surface area contributed by atoms with E-state index in [4.69, 9.17) is 24.1 Å². The van der Waals surface area contributed by atoms with Crippen molar-refractivity contribution in [3.8, 4) is 23.0 Å². The summed E-state index contributed by atoms with van der Waals surface area (Å²) < 4.78 is 22.1. The van der Waals surface area contributed by atoms with Gasteiger partial charge >= 0.3 is 5.97 Å². The maximum Gasteiger partial charge on any atom is 0.328 e. The van der Waals surface area contributed by atoms with Gasteiger partial charge in [0.15, 0.2) is 11.5 Å². The van der Waals surface area contributed by atoms with E-state index >= 15 is 0 Å². The second-order valence-corrected chi connectivity index (χ2v) is 5.83. The highest BCUT2D eigenvalue weighted by molar-refractivity contribution is 5.85. The van der Waals surface area contributed by atoms with Crippen LogP contribution in [0.15, 0.2) is 30.3 Å². The first-order valence-electron chi connectivity index (χ1n) is 8.32. The molecule has 2 rings (SSSR count). The molecule has 6 heteroatoms. The molecule has 0 saturated heterocycles. The lowest BCUT2D eigenvalue weighted by molar-refractivity contribution is -0.131. The molecule has 27 heavy (non-hydrogen) atoms. The van der Waals surface area contributed by atoms with Crippen LogP contribution in [0.2, 0.25) is 0 Å². The second kappa shape index (κ2) is 8.98. The Balaban J connectivity index is 2.47. The van der Waals surface area contributed by atoms with Gasteiger partial charge in [0, 0.05) is 23.6 Å². The second-order valence-electron chi connectivity index (χ2n) is 5.83. The van der Waals surface area contributed by atoms with E-state index in [1.54, 1.807) is 34.5 Å². The predicted molar refractivity (Wildman–Crippen MR) is 103 cm³/mol. The fourth-order valence-electron chi connectivity index (χ4n) is 2.98. The van der Waals surface area contributed by atoms with Crippen molar-refractivity contribution in [1.82, 2.24) is 0 Å². The standard InChI is InChI=1S/C21H24O6/c1-13-16(12-15-8-6-14(7-9-15)10-11-17(22)23)19(25-3)21(27-5)20(26-4)18(13)24-2/h6-11H,12H2,1-5H3,(H,22,23). The Morgan fingerprint density at radius 1 is 0.889 bits per heavy atom. The number of carboxylic acid groups (broad SMARTS) is 1. The maximum absolute atomic E-state index is 10.6. The number of hydrogen-bond acceptors (Lipinski definition) is 5. The Morgan fingerprint density at radius 2 is 1.41 bits per heavy atom. The first-order chi connectivity index (χ1) is 13.0. The molecule has 0 aliphatic carbocycles. The normalized spacial score (nSPS) is 10.7. The zero-order valence-corrected chi connectivity index (χ0v) is 16.2. The summed E-state index contributed by atoms with van der Waals surface area (Å²) in [6.45, 7) is 1.95. The molecule has 2 aromatic carbocycles. The zero-order chi connectivity index (χ0) is 20.0. The van der Waals surface area contributed by atoms with Gasteiger partial charge in [0.25, 0.3) is 0 Å². The van der Waals surface area contributed by atoms with E-state index in [9.17, 15) is 4.79 Å². The van der Waals surface area contributed by atoms with Crippen molar-refractivity contribution in [2.24, 2.45) is 0 Å². The molecule has 0 aromatic heterocycles. The summed E-state index contributed by atoms with van der Waals surface area (Å²) in [5.41, 5.74) is 3.69. The maximum atomic E-state index is 10.6. The van der Waals surface area contributed by atoms with Crippen molar-refractivity contribution in [1.29, 1.82) is 0 Å². The van der Waals surface area contributed by atoms with Crippen LogP contribution < -0.4 is 18.9 Å². The SMILES string of the molecule is COc1c(C)c(Cc2ccc(C=CC(=O)O)cc2)c(OC)c(OC)c1OC. The quantitative estimate of drug-likeness (QED) is 0.712. The Hall–Kier alpha value is -3.15. The van der Waals surface area contributed by atoms with E-state index in [1.165, 1.54) is 0 Å². The molecule has 1 N–H and O–H groups in total. The Bertz CT molecular complexity index is 837. The van der Waals surface area contributed by atoms with Gasteiger partial charge in [-0.25, -0.2) is 4.79 Å². The third-order valence-electron chi connectivity index (χ3n) is 4.28. The molecule has 2 aromatic rings. The zero-order valence-electron chi connectivity index (χ0n) is 16.2. The molecule has 0 heterocycles. The number of hydrogen-bond donors (Lipinski definition) is 1. The molecule has 0 radical (unpaired) electrons. The van der Waals surface area contributed by atoms with Crippen LogP contribution in [-0.4, -0.2) is 39.5 Å². The lowest BCUT2D eigenvalue weighted by Gasteiger charge is -2.21. The molecule has 0 fully saturated rings. The van der Waals surface area contributed by atoms with Gasteiger partial charge in [0.2, 0.25) is 11.5 Å². The molecular formula is C21H24O6. The minimum absolute atomic E-state index is 0.485. The van der Waals surface area contributed by atoms with E-state index in [2.05, 4.69) is 0 Å². The lowest BCUT2D eigenvalue weighted by atomic mass is 9.96. The highest BCUT2D eigenvalue weighted by Crippen LogP contribution is 2.49. The molecule has 0 spiro atoms. The molecule has 0 atom stereocenters. The molecule has 0 bridgehead atoms. The van der Waals surface area contributed by atoms with Gasteiger partial charge < -0.3 is 24.1 Å². The van der Waals surface area contributed by atoms with Gasteiger partial charge in [-0.2, -0.15) is 0 Å². The van der Waals surface area contributed by atoms with Crippen LogP contribution in [0.5, 0.6) is 23.0 Å². The molecule has 0 aliphatic rings. The van der Waals surface area contributed by atoms with Crippen molar-refractivity contribution in [2.75, 3.05) is 28.4 Å². The Kier molecular flexibility index (Phi) is 6.71. The number of carboxylic acids is 1. The van der Waals surface area contributed by atoms with Crippen molar-refractivity contribution in [3.05, 3.63) is 52.6 Å². The van der Waals surface area contributed by atoms with Crippen molar-refractivity contribution in [2.45, 2.75) is 13.3 Å². The van der Waals surface area contributed by atoms with E-state index < -0.39 is 5.97 Å². The lowest BCUT2D eigenvalue weighted by Crippen LogP contribution is -2.05. The number of ether oxygens (including phenoxy) is 4. The van der Waals surface area contributed by atoms with Gasteiger partial charge in [0.1, 0.15) is 0 Å². The predicted octanol–water partition coefficient (Wildman–Crippen LogP) is 3.72. The smallest absolute Gasteiger partial charge is 0.328 e. The van der Waals surface area contributed by atoms with Crippen LogP contribution >= 0.6 is 0 Å². The van der Waals surface area contributed by atoms with Crippen LogP contribution in [0.25, 0.3) is 6.08 Å². The number of carbonyl (C=O) groups is 1. The van der Waals surface area contributed by atoms with Gasteiger partial charge in [-0.05, 0) is 24.1 Å². The van der Waals surface area contributed by atoms with Crippen LogP contribution in [0.1, 0.15) is 22.3 Å². The summed E-state index contributed by atoms with van der Waals surface area (Å²) in [6, 6.07) is 7.64. The van der Waals surface area contributed by atoms with Gasteiger partial charge in [-0.1, -0.05) is 24.3 Å². The average Bonchev–Trinajstić information content (AvgIpc) is 2.67. The fourth-order valence-corrected chi connectivity index (χ4v) is 2.98. The first kappa shape index (κ1) is 20.2. The molecule has 0 amide bonds. The van der Waals surface area contributed by atoms with Crippen LogP contribution in [0.4, 0.5) is 0 Å². The summed E-state index contributed by atoms with van der Waals surface area (Å²) in [6.07, 6.45) is 3.26. The third kappa shape index (κ3) is 4.34. The molecular weight excluding hydrogens is 348 g/mol. The number of rotatable bonds is 8. The molecule has 0 saturated carbocycles. The van der Waals surface area contributed by atoms with Crippen LogP contribution in [0.3, 0.4) is 0 Å². The van der Waals surface area contributed by atoms with E-state index in [0.717, 1.165) is 28.3 Å². The van der Waals surface area contributed by atoms with Gasteiger partial charge in [-0.15, -0.1) is 0 Å².